The number of thiophene rings is 1. The molecule has 0 bridgehead atoms. The van der Waals surface area contributed by atoms with Gasteiger partial charge in [0, 0.05) is 10.3 Å². The molecule has 2 aromatic carbocycles. The lowest BCUT2D eigenvalue weighted by molar-refractivity contribution is 0.299. The minimum absolute atomic E-state index is 0.0906. The van der Waals surface area contributed by atoms with E-state index in [0.717, 1.165) is 5.75 Å². The molecule has 3 aromatic rings. The fourth-order valence-electron chi connectivity index (χ4n) is 2.51. The molecule has 1 nitrogen and oxygen atoms in total. The van der Waals surface area contributed by atoms with E-state index in [-0.39, 0.29) is 5.41 Å². The Labute approximate surface area is 130 Å². The minimum Gasteiger partial charge on any atom is -0.489 e. The van der Waals surface area contributed by atoms with Crippen LogP contribution in [0.4, 0.5) is 0 Å². The molecular formula is C19H20OS. The van der Waals surface area contributed by atoms with Crippen molar-refractivity contribution in [1.29, 1.82) is 0 Å². The van der Waals surface area contributed by atoms with E-state index in [1.165, 1.54) is 21.2 Å². The Kier molecular flexibility index (Phi) is 3.73. The second kappa shape index (κ2) is 5.53. The molecule has 0 amide bonds. The van der Waals surface area contributed by atoms with Crippen LogP contribution in [-0.2, 0) is 12.0 Å². The van der Waals surface area contributed by atoms with Crippen molar-refractivity contribution < 1.29 is 4.74 Å². The smallest absolute Gasteiger partial charge is 0.123 e. The molecule has 0 atom stereocenters. The molecule has 0 aliphatic heterocycles. The van der Waals surface area contributed by atoms with Gasteiger partial charge in [0.2, 0.25) is 0 Å². The number of para-hydroxylation sites is 1. The second-order valence-corrected chi connectivity index (χ2v) is 7.20. The van der Waals surface area contributed by atoms with Gasteiger partial charge in [-0.05, 0) is 33.9 Å². The average Bonchev–Trinajstić information content (AvgIpc) is 2.88. The highest BCUT2D eigenvalue weighted by Crippen LogP contribution is 2.32. The first-order chi connectivity index (χ1) is 10.1. The summed E-state index contributed by atoms with van der Waals surface area (Å²) in [6.07, 6.45) is 0. The van der Waals surface area contributed by atoms with Crippen LogP contribution in [0, 0.1) is 0 Å². The molecule has 0 N–H and O–H groups in total. The third-order valence-electron chi connectivity index (χ3n) is 3.64. The predicted molar refractivity (Wildman–Crippen MR) is 91.3 cm³/mol. The monoisotopic (exact) mass is 296 g/mol. The van der Waals surface area contributed by atoms with Gasteiger partial charge in [-0.2, -0.15) is 0 Å². The first kappa shape index (κ1) is 14.2. The van der Waals surface area contributed by atoms with Crippen LogP contribution < -0.4 is 4.74 Å². The number of benzene rings is 2. The topological polar surface area (TPSA) is 9.23 Å². The van der Waals surface area contributed by atoms with Gasteiger partial charge < -0.3 is 4.74 Å². The Bertz CT molecular complexity index is 749. The fourth-order valence-corrected chi connectivity index (χ4v) is 3.46. The van der Waals surface area contributed by atoms with E-state index in [9.17, 15) is 0 Å². The van der Waals surface area contributed by atoms with Crippen molar-refractivity contribution in [1.82, 2.24) is 0 Å². The zero-order chi connectivity index (χ0) is 14.9. The molecule has 0 aliphatic carbocycles. The van der Waals surface area contributed by atoms with Gasteiger partial charge >= 0.3 is 0 Å². The van der Waals surface area contributed by atoms with Crippen LogP contribution >= 0.6 is 11.3 Å². The number of ether oxygens (including phenoxy) is 1. The van der Waals surface area contributed by atoms with E-state index in [4.69, 9.17) is 4.74 Å². The quantitative estimate of drug-likeness (QED) is 0.595. The van der Waals surface area contributed by atoms with Crippen molar-refractivity contribution in [2.75, 3.05) is 0 Å². The summed E-state index contributed by atoms with van der Waals surface area (Å²) in [6, 6.07) is 16.8. The molecule has 0 fully saturated rings. The summed E-state index contributed by atoms with van der Waals surface area (Å²) in [5, 5.41) is 3.50. The largest absolute Gasteiger partial charge is 0.489 e. The maximum atomic E-state index is 6.12. The molecule has 1 aromatic heterocycles. The van der Waals surface area contributed by atoms with Crippen LogP contribution in [0.3, 0.4) is 0 Å². The van der Waals surface area contributed by atoms with Gasteiger partial charge in [-0.3, -0.25) is 0 Å². The summed E-state index contributed by atoms with van der Waals surface area (Å²) in [6.45, 7) is 7.27. The first-order valence-corrected chi connectivity index (χ1v) is 8.11. The standard InChI is InChI=1S/C19H20OS/c1-19(2,3)16-9-5-6-10-17(16)20-12-14-13-21-18-11-7-4-8-15(14)18/h4-11,13H,12H2,1-3H3. The SMILES string of the molecule is CC(C)(C)c1ccccc1OCc1csc2ccccc12. The second-order valence-electron chi connectivity index (χ2n) is 6.29. The predicted octanol–water partition coefficient (Wildman–Crippen LogP) is 5.78. The van der Waals surface area contributed by atoms with Crippen LogP contribution in [0.5, 0.6) is 5.75 Å². The van der Waals surface area contributed by atoms with Crippen LogP contribution in [0.25, 0.3) is 10.1 Å². The number of hydrogen-bond donors (Lipinski definition) is 0. The maximum absolute atomic E-state index is 6.12. The van der Waals surface area contributed by atoms with Gasteiger partial charge in [-0.25, -0.2) is 0 Å². The Morgan fingerprint density at radius 2 is 1.67 bits per heavy atom. The molecule has 108 valence electrons. The summed E-state index contributed by atoms with van der Waals surface area (Å²) < 4.78 is 7.44. The summed E-state index contributed by atoms with van der Waals surface area (Å²) in [7, 11) is 0. The molecule has 0 aliphatic rings. The zero-order valence-corrected chi connectivity index (χ0v) is 13.5. The van der Waals surface area contributed by atoms with E-state index < -0.39 is 0 Å². The van der Waals surface area contributed by atoms with Gasteiger partial charge in [-0.1, -0.05) is 57.2 Å². The molecule has 1 heterocycles. The lowest BCUT2D eigenvalue weighted by atomic mass is 9.86. The molecule has 0 saturated carbocycles. The van der Waals surface area contributed by atoms with Crippen molar-refractivity contribution in [3.63, 3.8) is 0 Å². The first-order valence-electron chi connectivity index (χ1n) is 7.23. The van der Waals surface area contributed by atoms with Gasteiger partial charge in [0.25, 0.3) is 0 Å². The van der Waals surface area contributed by atoms with Crippen molar-refractivity contribution in [2.45, 2.75) is 32.8 Å². The van der Waals surface area contributed by atoms with Gasteiger partial charge in [0.1, 0.15) is 12.4 Å². The summed E-state index contributed by atoms with van der Waals surface area (Å²) in [5.41, 5.74) is 2.61. The van der Waals surface area contributed by atoms with E-state index in [1.807, 2.05) is 6.07 Å². The minimum atomic E-state index is 0.0906. The molecule has 0 spiro atoms. The summed E-state index contributed by atoms with van der Waals surface area (Å²) >= 11 is 1.78. The molecule has 0 radical (unpaired) electrons. The Hall–Kier alpha value is -1.80. The molecule has 0 unspecified atom stereocenters. The van der Waals surface area contributed by atoms with Crippen LogP contribution in [0.15, 0.2) is 53.9 Å². The number of fused-ring (bicyclic) bond motifs is 1. The lowest BCUT2D eigenvalue weighted by Gasteiger charge is -2.22. The van der Waals surface area contributed by atoms with Gasteiger partial charge in [-0.15, -0.1) is 11.3 Å². The molecule has 3 rings (SSSR count). The van der Waals surface area contributed by atoms with Gasteiger partial charge in [0.05, 0.1) is 0 Å². The highest BCUT2D eigenvalue weighted by atomic mass is 32.1. The fraction of sp³-hybridized carbons (Fsp3) is 0.263. The Morgan fingerprint density at radius 3 is 2.48 bits per heavy atom. The van der Waals surface area contributed by atoms with Crippen LogP contribution in [-0.4, -0.2) is 0 Å². The highest BCUT2D eigenvalue weighted by Gasteiger charge is 2.18. The third-order valence-corrected chi connectivity index (χ3v) is 4.65. The van der Waals surface area contributed by atoms with E-state index >= 15 is 0 Å². The maximum Gasteiger partial charge on any atom is 0.123 e. The highest BCUT2D eigenvalue weighted by molar-refractivity contribution is 7.17. The van der Waals surface area contributed by atoms with Crippen LogP contribution in [0.1, 0.15) is 31.9 Å². The Balaban J connectivity index is 1.86. The van der Waals surface area contributed by atoms with Crippen LogP contribution in [0.2, 0.25) is 0 Å². The summed E-state index contributed by atoms with van der Waals surface area (Å²) in [5.74, 6) is 0.986. The molecule has 2 heteroatoms. The lowest BCUT2D eigenvalue weighted by Crippen LogP contribution is -2.13. The summed E-state index contributed by atoms with van der Waals surface area (Å²) in [4.78, 5) is 0. The number of rotatable bonds is 3. The zero-order valence-electron chi connectivity index (χ0n) is 12.7. The van der Waals surface area contributed by atoms with Crippen molar-refractivity contribution >= 4 is 21.4 Å². The number of hydrogen-bond acceptors (Lipinski definition) is 2. The average molecular weight is 296 g/mol. The third kappa shape index (κ3) is 2.96. The van der Waals surface area contributed by atoms with Crippen molar-refractivity contribution in [3.05, 3.63) is 65.0 Å². The van der Waals surface area contributed by atoms with E-state index in [2.05, 4.69) is 68.6 Å². The Morgan fingerprint density at radius 1 is 0.952 bits per heavy atom. The normalized spacial score (nSPS) is 11.8. The van der Waals surface area contributed by atoms with E-state index in [0.29, 0.717) is 6.61 Å². The molecular weight excluding hydrogens is 276 g/mol. The van der Waals surface area contributed by atoms with Gasteiger partial charge in [0.15, 0.2) is 0 Å². The van der Waals surface area contributed by atoms with Crippen molar-refractivity contribution in [2.24, 2.45) is 0 Å². The molecule has 0 saturated heterocycles. The van der Waals surface area contributed by atoms with E-state index in [1.54, 1.807) is 11.3 Å². The van der Waals surface area contributed by atoms with Crippen molar-refractivity contribution in [3.8, 4) is 5.75 Å². The molecule has 21 heavy (non-hydrogen) atoms.